The number of carboxylic acids is 1. The third kappa shape index (κ3) is 4.76. The zero-order valence-corrected chi connectivity index (χ0v) is 11.8. The summed E-state index contributed by atoms with van der Waals surface area (Å²) in [6.45, 7) is 1.46. The number of halogens is 1. The van der Waals surface area contributed by atoms with Crippen molar-refractivity contribution in [3.8, 4) is 0 Å². The van der Waals surface area contributed by atoms with Gasteiger partial charge in [-0.15, -0.1) is 0 Å². The minimum atomic E-state index is -4.08. The summed E-state index contributed by atoms with van der Waals surface area (Å²) in [5.74, 6) is -2.33. The van der Waals surface area contributed by atoms with E-state index in [1.807, 2.05) is 0 Å². The van der Waals surface area contributed by atoms with Gasteiger partial charge in [-0.2, -0.15) is 4.39 Å². The van der Waals surface area contributed by atoms with Crippen LogP contribution in [0.4, 0.5) is 10.1 Å². The number of rotatable bonds is 7. The van der Waals surface area contributed by atoms with Gasteiger partial charge in [0.1, 0.15) is 0 Å². The summed E-state index contributed by atoms with van der Waals surface area (Å²) in [6.07, 6.45) is -0.164. The molecule has 0 saturated carbocycles. The van der Waals surface area contributed by atoms with Crippen LogP contribution in [0.5, 0.6) is 0 Å². The Morgan fingerprint density at radius 2 is 2.14 bits per heavy atom. The van der Waals surface area contributed by atoms with Gasteiger partial charge in [-0.05, 0) is 19.4 Å². The minimum Gasteiger partial charge on any atom is -0.481 e. The van der Waals surface area contributed by atoms with Gasteiger partial charge in [-0.3, -0.25) is 14.9 Å². The number of aliphatic carboxylic acids is 1. The van der Waals surface area contributed by atoms with Gasteiger partial charge in [0.2, 0.25) is 15.8 Å². The quantitative estimate of drug-likeness (QED) is 0.575. The lowest BCUT2D eigenvalue weighted by Gasteiger charge is -2.13. The number of hydrogen-bond donors (Lipinski definition) is 2. The van der Waals surface area contributed by atoms with Gasteiger partial charge in [0.05, 0.1) is 9.82 Å². The predicted molar refractivity (Wildman–Crippen MR) is 69.7 cm³/mol. The van der Waals surface area contributed by atoms with Gasteiger partial charge in [0, 0.05) is 24.6 Å². The van der Waals surface area contributed by atoms with E-state index in [-0.39, 0.29) is 12.8 Å². The van der Waals surface area contributed by atoms with Gasteiger partial charge >= 0.3 is 11.7 Å². The molecule has 0 aliphatic rings. The molecule has 0 aromatic heterocycles. The zero-order chi connectivity index (χ0) is 16.2. The lowest BCUT2D eigenvalue weighted by Crippen LogP contribution is -2.33. The van der Waals surface area contributed by atoms with Gasteiger partial charge < -0.3 is 5.11 Å². The molecule has 1 unspecified atom stereocenters. The molecule has 116 valence electrons. The third-order valence-electron chi connectivity index (χ3n) is 2.57. The van der Waals surface area contributed by atoms with Gasteiger partial charge in [0.25, 0.3) is 0 Å². The molecule has 0 amide bonds. The lowest BCUT2D eigenvalue weighted by atomic mass is 10.2. The monoisotopic (exact) mass is 320 g/mol. The van der Waals surface area contributed by atoms with Crippen LogP contribution < -0.4 is 4.72 Å². The van der Waals surface area contributed by atoms with Crippen LogP contribution in [0.1, 0.15) is 19.8 Å². The molecule has 1 atom stereocenters. The fraction of sp³-hybridized carbons (Fsp3) is 0.364. The van der Waals surface area contributed by atoms with E-state index in [0.29, 0.717) is 6.07 Å². The largest absolute Gasteiger partial charge is 0.481 e. The summed E-state index contributed by atoms with van der Waals surface area (Å²) in [4.78, 5) is 19.4. The van der Waals surface area contributed by atoms with E-state index in [0.717, 1.165) is 12.1 Å². The van der Waals surface area contributed by atoms with Gasteiger partial charge in [0.15, 0.2) is 0 Å². The average Bonchev–Trinajstić information content (AvgIpc) is 2.35. The molecule has 0 spiro atoms. The van der Waals surface area contributed by atoms with Crippen molar-refractivity contribution in [1.29, 1.82) is 0 Å². The topological polar surface area (TPSA) is 127 Å². The number of nitrogens with zero attached hydrogens (tertiary/aromatic N) is 1. The van der Waals surface area contributed by atoms with Crippen molar-refractivity contribution in [2.45, 2.75) is 30.7 Å². The molecule has 0 aliphatic heterocycles. The normalized spacial score (nSPS) is 12.9. The van der Waals surface area contributed by atoms with Crippen LogP contribution in [0.2, 0.25) is 0 Å². The molecule has 0 aliphatic carbocycles. The molecule has 2 N–H and O–H groups in total. The van der Waals surface area contributed by atoms with Crippen molar-refractivity contribution < 1.29 is 27.6 Å². The number of nitro groups is 1. The van der Waals surface area contributed by atoms with Crippen LogP contribution >= 0.6 is 0 Å². The Kier molecular flexibility index (Phi) is 5.33. The van der Waals surface area contributed by atoms with Crippen molar-refractivity contribution in [2.75, 3.05) is 0 Å². The first kappa shape index (κ1) is 17.0. The molecule has 8 nitrogen and oxygen atoms in total. The summed E-state index contributed by atoms with van der Waals surface area (Å²) in [5, 5.41) is 19.0. The van der Waals surface area contributed by atoms with Crippen LogP contribution in [0.25, 0.3) is 0 Å². The predicted octanol–water partition coefficient (Wildman–Crippen LogP) is 1.27. The highest BCUT2D eigenvalue weighted by Gasteiger charge is 2.22. The van der Waals surface area contributed by atoms with Crippen LogP contribution in [0.15, 0.2) is 23.1 Å². The van der Waals surface area contributed by atoms with Gasteiger partial charge in [-0.25, -0.2) is 13.1 Å². The second-order valence-electron chi connectivity index (χ2n) is 4.33. The van der Waals surface area contributed by atoms with Crippen LogP contribution in [0.3, 0.4) is 0 Å². The van der Waals surface area contributed by atoms with Crippen molar-refractivity contribution in [3.05, 3.63) is 34.1 Å². The number of carbonyl (C=O) groups is 1. The van der Waals surface area contributed by atoms with Crippen molar-refractivity contribution in [3.63, 3.8) is 0 Å². The molecular weight excluding hydrogens is 307 g/mol. The van der Waals surface area contributed by atoms with E-state index < -0.39 is 43.4 Å². The molecule has 0 radical (unpaired) electrons. The molecule has 1 rings (SSSR count). The van der Waals surface area contributed by atoms with Crippen LogP contribution in [-0.4, -0.2) is 30.5 Å². The molecule has 21 heavy (non-hydrogen) atoms. The highest BCUT2D eigenvalue weighted by Crippen LogP contribution is 2.21. The maximum absolute atomic E-state index is 13.4. The molecule has 1 aromatic carbocycles. The van der Waals surface area contributed by atoms with Crippen molar-refractivity contribution in [2.24, 2.45) is 0 Å². The Labute approximate surface area is 119 Å². The molecule has 0 saturated heterocycles. The smallest absolute Gasteiger partial charge is 0.304 e. The van der Waals surface area contributed by atoms with E-state index in [9.17, 15) is 27.7 Å². The molecule has 0 heterocycles. The first-order valence-corrected chi connectivity index (χ1v) is 7.30. The van der Waals surface area contributed by atoms with E-state index in [1.165, 1.54) is 6.92 Å². The molecular formula is C11H13FN2O6S. The second-order valence-corrected chi connectivity index (χ2v) is 6.04. The lowest BCUT2D eigenvalue weighted by molar-refractivity contribution is -0.387. The summed E-state index contributed by atoms with van der Waals surface area (Å²) < 4.78 is 39.4. The van der Waals surface area contributed by atoms with Crippen molar-refractivity contribution >= 4 is 21.7 Å². The third-order valence-corrected chi connectivity index (χ3v) is 4.16. The highest BCUT2D eigenvalue weighted by atomic mass is 32.2. The number of nitrogens with one attached hydrogen (secondary N) is 1. The Bertz CT molecular complexity index is 661. The Morgan fingerprint density at radius 1 is 1.52 bits per heavy atom. The highest BCUT2D eigenvalue weighted by molar-refractivity contribution is 7.89. The van der Waals surface area contributed by atoms with E-state index in [4.69, 9.17) is 5.11 Å². The van der Waals surface area contributed by atoms with E-state index in [2.05, 4.69) is 4.72 Å². The molecule has 1 aromatic rings. The summed E-state index contributed by atoms with van der Waals surface area (Å²) in [5.41, 5.74) is -0.826. The number of sulfonamides is 1. The summed E-state index contributed by atoms with van der Waals surface area (Å²) >= 11 is 0. The summed E-state index contributed by atoms with van der Waals surface area (Å²) in [7, 11) is -4.08. The maximum atomic E-state index is 13.4. The van der Waals surface area contributed by atoms with Gasteiger partial charge in [-0.1, -0.05) is 0 Å². The second kappa shape index (κ2) is 6.59. The molecule has 0 bridgehead atoms. The molecule has 0 fully saturated rings. The number of nitro benzene ring substituents is 1. The van der Waals surface area contributed by atoms with Crippen LogP contribution in [0, 0.1) is 15.9 Å². The van der Waals surface area contributed by atoms with Crippen molar-refractivity contribution in [1.82, 2.24) is 4.72 Å². The zero-order valence-electron chi connectivity index (χ0n) is 10.9. The number of hydrogen-bond acceptors (Lipinski definition) is 5. The Hall–Kier alpha value is -2.07. The first-order valence-electron chi connectivity index (χ1n) is 5.81. The standard InChI is InChI=1S/C11H13FN2O6S/c1-7(2-5-11(15)16)13-21(19,20)8-3-4-10(14(17)18)9(12)6-8/h3-4,6-7,13H,2,5H2,1H3,(H,15,16). The van der Waals surface area contributed by atoms with E-state index in [1.54, 1.807) is 0 Å². The number of benzene rings is 1. The van der Waals surface area contributed by atoms with Crippen LogP contribution in [-0.2, 0) is 14.8 Å². The Balaban J connectivity index is 2.90. The fourth-order valence-electron chi connectivity index (χ4n) is 1.53. The average molecular weight is 320 g/mol. The molecule has 10 heteroatoms. The Morgan fingerprint density at radius 3 is 2.62 bits per heavy atom. The fourth-order valence-corrected chi connectivity index (χ4v) is 2.82. The number of carboxylic acid groups (broad SMARTS) is 1. The summed E-state index contributed by atoms with van der Waals surface area (Å²) in [6, 6.07) is 1.54. The minimum absolute atomic E-state index is 0.0596. The van der Waals surface area contributed by atoms with E-state index >= 15 is 0 Å². The maximum Gasteiger partial charge on any atom is 0.304 e. The first-order chi connectivity index (χ1) is 9.63. The SMILES string of the molecule is CC(CCC(=O)O)NS(=O)(=O)c1ccc([N+](=O)[O-])c(F)c1.